The molecule has 1 N–H and O–H groups in total. The number of hydrogen-bond acceptors (Lipinski definition) is 3. The summed E-state index contributed by atoms with van der Waals surface area (Å²) < 4.78 is 0. The van der Waals surface area contributed by atoms with Gasteiger partial charge in [-0.15, -0.1) is 0 Å². The quantitative estimate of drug-likeness (QED) is 0.912. The van der Waals surface area contributed by atoms with Crippen LogP contribution in [0, 0.1) is 0 Å². The summed E-state index contributed by atoms with van der Waals surface area (Å²) in [7, 11) is 0. The van der Waals surface area contributed by atoms with E-state index in [2.05, 4.69) is 4.98 Å². The van der Waals surface area contributed by atoms with Gasteiger partial charge in [0.15, 0.2) is 0 Å². The van der Waals surface area contributed by atoms with Gasteiger partial charge < -0.3 is 10.0 Å². The molecule has 1 amide bonds. The normalized spacial score (nSPS) is 16.8. The molecular formula is C21H26N2O2. The first-order chi connectivity index (χ1) is 12.1. The van der Waals surface area contributed by atoms with Gasteiger partial charge in [-0.3, -0.25) is 9.78 Å². The Bertz CT molecular complexity index is 719. The van der Waals surface area contributed by atoms with Crippen molar-refractivity contribution < 1.29 is 9.90 Å². The molecule has 2 heterocycles. The molecule has 4 nitrogen and oxygen atoms in total. The van der Waals surface area contributed by atoms with Gasteiger partial charge in [-0.05, 0) is 44.0 Å². The van der Waals surface area contributed by atoms with Crippen LogP contribution in [0.25, 0.3) is 11.3 Å². The molecule has 1 atom stereocenters. The minimum absolute atomic E-state index is 0.107. The third-order valence-electron chi connectivity index (χ3n) is 4.75. The predicted octanol–water partition coefficient (Wildman–Crippen LogP) is 4.21. The van der Waals surface area contributed by atoms with Crippen LogP contribution in [0.3, 0.4) is 0 Å². The van der Waals surface area contributed by atoms with E-state index in [4.69, 9.17) is 0 Å². The summed E-state index contributed by atoms with van der Waals surface area (Å²) in [6.07, 6.45) is 5.26. The maximum absolute atomic E-state index is 12.9. The summed E-state index contributed by atoms with van der Waals surface area (Å²) in [5.41, 5.74) is 3.03. The lowest BCUT2D eigenvalue weighted by Crippen LogP contribution is -2.33. The molecular weight excluding hydrogens is 312 g/mol. The molecule has 3 rings (SSSR count). The third-order valence-corrected chi connectivity index (χ3v) is 4.75. The number of nitrogens with zero attached hydrogens (tertiary/aromatic N) is 2. The standard InChI is InChI=1S/C21H26N2O2/c1-16(24)19-11-8-12-20(22-19)17-9-7-10-18(15-17)21(25)23-13-5-3-2-4-6-14-23/h7-12,15-16,24H,2-6,13-14H2,1H3/t16-/m0/s1. The number of carbonyl (C=O) groups is 1. The summed E-state index contributed by atoms with van der Waals surface area (Å²) in [6.45, 7) is 3.39. The van der Waals surface area contributed by atoms with Crippen molar-refractivity contribution in [2.75, 3.05) is 13.1 Å². The maximum Gasteiger partial charge on any atom is 0.253 e. The fraction of sp³-hybridized carbons (Fsp3) is 0.429. The highest BCUT2D eigenvalue weighted by atomic mass is 16.3. The average molecular weight is 338 g/mol. The van der Waals surface area contributed by atoms with Crippen molar-refractivity contribution in [1.82, 2.24) is 9.88 Å². The van der Waals surface area contributed by atoms with E-state index in [9.17, 15) is 9.90 Å². The second-order valence-corrected chi connectivity index (χ2v) is 6.76. The zero-order valence-electron chi connectivity index (χ0n) is 14.8. The van der Waals surface area contributed by atoms with E-state index in [0.717, 1.165) is 37.2 Å². The minimum Gasteiger partial charge on any atom is -0.387 e. The topological polar surface area (TPSA) is 53.4 Å². The molecule has 0 spiro atoms. The Morgan fingerprint density at radius 2 is 1.72 bits per heavy atom. The molecule has 0 saturated carbocycles. The number of pyridine rings is 1. The fourth-order valence-electron chi connectivity index (χ4n) is 3.29. The molecule has 1 aliphatic rings. The Labute approximate surface area is 149 Å². The Kier molecular flexibility index (Phi) is 5.82. The minimum atomic E-state index is -0.606. The van der Waals surface area contributed by atoms with Gasteiger partial charge in [0, 0.05) is 24.2 Å². The fourth-order valence-corrected chi connectivity index (χ4v) is 3.29. The zero-order valence-corrected chi connectivity index (χ0v) is 14.8. The van der Waals surface area contributed by atoms with Gasteiger partial charge in [-0.25, -0.2) is 0 Å². The average Bonchev–Trinajstić information content (AvgIpc) is 2.61. The van der Waals surface area contributed by atoms with Crippen molar-refractivity contribution >= 4 is 5.91 Å². The van der Waals surface area contributed by atoms with Crippen molar-refractivity contribution in [3.63, 3.8) is 0 Å². The first-order valence-corrected chi connectivity index (χ1v) is 9.20. The molecule has 1 saturated heterocycles. The molecule has 1 aliphatic heterocycles. The summed E-state index contributed by atoms with van der Waals surface area (Å²) in [5, 5.41) is 9.73. The highest BCUT2D eigenvalue weighted by molar-refractivity contribution is 5.95. The predicted molar refractivity (Wildman–Crippen MR) is 99.3 cm³/mol. The van der Waals surface area contributed by atoms with E-state index in [-0.39, 0.29) is 5.91 Å². The van der Waals surface area contributed by atoms with Crippen LogP contribution in [0.2, 0.25) is 0 Å². The van der Waals surface area contributed by atoms with Crippen molar-refractivity contribution in [2.24, 2.45) is 0 Å². The highest BCUT2D eigenvalue weighted by Gasteiger charge is 2.17. The first kappa shape index (κ1) is 17.6. The number of carbonyl (C=O) groups excluding carboxylic acids is 1. The molecule has 4 heteroatoms. The molecule has 0 radical (unpaired) electrons. The Hall–Kier alpha value is -2.20. The van der Waals surface area contributed by atoms with Crippen LogP contribution in [-0.4, -0.2) is 34.0 Å². The smallest absolute Gasteiger partial charge is 0.253 e. The van der Waals surface area contributed by atoms with Crippen molar-refractivity contribution in [2.45, 2.75) is 45.1 Å². The van der Waals surface area contributed by atoms with Gasteiger partial charge in [-0.2, -0.15) is 0 Å². The Balaban J connectivity index is 1.83. The number of aliphatic hydroxyl groups is 1. The summed E-state index contributed by atoms with van der Waals surface area (Å²) >= 11 is 0. The van der Waals surface area contributed by atoms with E-state index in [1.54, 1.807) is 6.92 Å². The van der Waals surface area contributed by atoms with Crippen LogP contribution >= 0.6 is 0 Å². The van der Waals surface area contributed by atoms with Gasteiger partial charge in [0.05, 0.1) is 17.5 Å². The van der Waals surface area contributed by atoms with Crippen LogP contribution in [0.1, 0.15) is 61.2 Å². The Morgan fingerprint density at radius 3 is 2.44 bits per heavy atom. The van der Waals surface area contributed by atoms with Gasteiger partial charge in [0.25, 0.3) is 5.91 Å². The van der Waals surface area contributed by atoms with E-state index in [1.807, 2.05) is 47.4 Å². The van der Waals surface area contributed by atoms with E-state index < -0.39 is 6.10 Å². The number of benzene rings is 1. The van der Waals surface area contributed by atoms with Crippen LogP contribution in [-0.2, 0) is 0 Å². The number of hydrogen-bond donors (Lipinski definition) is 1. The van der Waals surface area contributed by atoms with E-state index >= 15 is 0 Å². The summed E-state index contributed by atoms with van der Waals surface area (Å²) in [4.78, 5) is 19.4. The largest absolute Gasteiger partial charge is 0.387 e. The van der Waals surface area contributed by atoms with Crippen LogP contribution in [0.5, 0.6) is 0 Å². The van der Waals surface area contributed by atoms with Crippen LogP contribution in [0.4, 0.5) is 0 Å². The molecule has 1 aromatic carbocycles. The molecule has 132 valence electrons. The van der Waals surface area contributed by atoms with Gasteiger partial charge in [-0.1, -0.05) is 37.5 Å². The van der Waals surface area contributed by atoms with E-state index in [1.165, 1.54) is 19.3 Å². The Morgan fingerprint density at radius 1 is 1.04 bits per heavy atom. The maximum atomic E-state index is 12.9. The van der Waals surface area contributed by atoms with Crippen LogP contribution in [0.15, 0.2) is 42.5 Å². The lowest BCUT2D eigenvalue weighted by Gasteiger charge is -2.25. The zero-order chi connectivity index (χ0) is 17.6. The molecule has 1 aromatic heterocycles. The van der Waals surface area contributed by atoms with E-state index in [0.29, 0.717) is 11.3 Å². The van der Waals surface area contributed by atoms with Gasteiger partial charge in [0.1, 0.15) is 0 Å². The number of likely N-dealkylation sites (tertiary alicyclic amines) is 1. The number of aliphatic hydroxyl groups excluding tert-OH is 1. The van der Waals surface area contributed by atoms with Crippen molar-refractivity contribution in [1.29, 1.82) is 0 Å². The SMILES string of the molecule is C[C@H](O)c1cccc(-c2cccc(C(=O)N3CCCCCCC3)c2)n1. The molecule has 25 heavy (non-hydrogen) atoms. The lowest BCUT2D eigenvalue weighted by atomic mass is 10.0. The van der Waals surface area contributed by atoms with Crippen molar-refractivity contribution in [3.8, 4) is 11.3 Å². The van der Waals surface area contributed by atoms with Crippen molar-refractivity contribution in [3.05, 3.63) is 53.7 Å². The lowest BCUT2D eigenvalue weighted by molar-refractivity contribution is 0.0742. The highest BCUT2D eigenvalue weighted by Crippen LogP contribution is 2.22. The third kappa shape index (κ3) is 4.45. The molecule has 0 aliphatic carbocycles. The van der Waals surface area contributed by atoms with Gasteiger partial charge >= 0.3 is 0 Å². The number of rotatable bonds is 3. The molecule has 1 fully saturated rings. The molecule has 0 bridgehead atoms. The second kappa shape index (κ2) is 8.26. The molecule has 0 unspecified atom stereocenters. The van der Waals surface area contributed by atoms with Crippen LogP contribution < -0.4 is 0 Å². The monoisotopic (exact) mass is 338 g/mol. The number of amides is 1. The molecule has 2 aromatic rings. The second-order valence-electron chi connectivity index (χ2n) is 6.76. The number of aromatic nitrogens is 1. The van der Waals surface area contributed by atoms with Gasteiger partial charge in [0.2, 0.25) is 0 Å². The summed E-state index contributed by atoms with van der Waals surface area (Å²) in [6, 6.07) is 13.3. The first-order valence-electron chi connectivity index (χ1n) is 9.20. The summed E-state index contributed by atoms with van der Waals surface area (Å²) in [5.74, 6) is 0.107.